The van der Waals surface area contributed by atoms with E-state index in [1.165, 1.54) is 159 Å². The zero-order valence-corrected chi connectivity index (χ0v) is 23.9. The van der Waals surface area contributed by atoms with Crippen LogP contribution in [0.3, 0.4) is 0 Å². The number of quaternary nitrogens is 1. The third-order valence-corrected chi connectivity index (χ3v) is 8.22. The molecule has 0 radical (unpaired) electrons. The highest BCUT2D eigenvalue weighted by Crippen LogP contribution is 2.20. The Balaban J connectivity index is 1.25. The van der Waals surface area contributed by atoms with Gasteiger partial charge in [-0.2, -0.15) is 0 Å². The molecular formula is C34H60N+. The van der Waals surface area contributed by atoms with Crippen molar-refractivity contribution in [3.8, 4) is 0 Å². The van der Waals surface area contributed by atoms with Crippen molar-refractivity contribution in [3.63, 3.8) is 0 Å². The van der Waals surface area contributed by atoms with Gasteiger partial charge in [-0.15, -0.1) is 0 Å². The van der Waals surface area contributed by atoms with Gasteiger partial charge in [-0.25, -0.2) is 0 Å². The number of hydrogen-bond donors (Lipinski definition) is 0. The molecule has 0 saturated carbocycles. The molecule has 2 aliphatic rings. The monoisotopic (exact) mass is 482 g/mol. The third kappa shape index (κ3) is 17.1. The molecule has 0 spiro atoms. The van der Waals surface area contributed by atoms with Crippen molar-refractivity contribution in [3.05, 3.63) is 47.6 Å². The minimum atomic E-state index is 1.22. The van der Waals surface area contributed by atoms with Gasteiger partial charge in [-0.3, -0.25) is 0 Å². The summed E-state index contributed by atoms with van der Waals surface area (Å²) in [5, 5.41) is 0. The fourth-order valence-corrected chi connectivity index (χ4v) is 5.72. The Labute approximate surface area is 220 Å². The van der Waals surface area contributed by atoms with Gasteiger partial charge in [0.2, 0.25) is 0 Å². The van der Waals surface area contributed by atoms with Crippen LogP contribution in [-0.4, -0.2) is 31.7 Å². The lowest BCUT2D eigenvalue weighted by Crippen LogP contribution is -2.41. The van der Waals surface area contributed by atoms with Crippen molar-refractivity contribution in [1.29, 1.82) is 0 Å². The molecule has 2 rings (SSSR count). The van der Waals surface area contributed by atoms with Gasteiger partial charge in [-0.05, 0) is 64.2 Å². The van der Waals surface area contributed by atoms with Gasteiger partial charge >= 0.3 is 0 Å². The highest BCUT2D eigenvalue weighted by Gasteiger charge is 2.13. The Morgan fingerprint density at radius 1 is 0.457 bits per heavy atom. The summed E-state index contributed by atoms with van der Waals surface area (Å²) in [4.78, 5) is 0. The van der Waals surface area contributed by atoms with Crippen molar-refractivity contribution >= 4 is 0 Å². The maximum absolute atomic E-state index is 2.45. The largest absolute Gasteiger partial charge is 0.328 e. The molecule has 200 valence electrons. The van der Waals surface area contributed by atoms with Gasteiger partial charge in [0, 0.05) is 0 Å². The van der Waals surface area contributed by atoms with Gasteiger partial charge in [-0.1, -0.05) is 125 Å². The second kappa shape index (κ2) is 20.0. The minimum Gasteiger partial charge on any atom is -0.328 e. The molecule has 0 unspecified atom stereocenters. The van der Waals surface area contributed by atoms with Crippen molar-refractivity contribution in [2.75, 3.05) is 27.2 Å². The van der Waals surface area contributed by atoms with Gasteiger partial charge in [0.25, 0.3) is 0 Å². The van der Waals surface area contributed by atoms with E-state index in [1.54, 1.807) is 11.1 Å². The first-order valence-electron chi connectivity index (χ1n) is 15.7. The molecule has 0 fully saturated rings. The normalized spacial score (nSPS) is 15.3. The van der Waals surface area contributed by atoms with Crippen molar-refractivity contribution in [2.45, 2.75) is 141 Å². The average Bonchev–Trinajstić information content (AvgIpc) is 3.55. The second-order valence-corrected chi connectivity index (χ2v) is 12.2. The Morgan fingerprint density at radius 3 is 1.09 bits per heavy atom. The predicted octanol–water partition coefficient (Wildman–Crippen LogP) is 10.6. The summed E-state index contributed by atoms with van der Waals surface area (Å²) in [5.74, 6) is 0. The lowest BCUT2D eigenvalue weighted by atomic mass is 10.0. The first-order valence-corrected chi connectivity index (χ1v) is 15.7. The Bertz CT molecular complexity index is 579. The lowest BCUT2D eigenvalue weighted by molar-refractivity contribution is -0.890. The van der Waals surface area contributed by atoms with Gasteiger partial charge in [0.1, 0.15) is 0 Å². The van der Waals surface area contributed by atoms with Crippen LogP contribution in [0.15, 0.2) is 47.6 Å². The lowest BCUT2D eigenvalue weighted by Gasteiger charge is -2.30. The molecule has 1 nitrogen and oxygen atoms in total. The molecule has 0 aromatic carbocycles. The van der Waals surface area contributed by atoms with Crippen molar-refractivity contribution < 1.29 is 4.48 Å². The Morgan fingerprint density at radius 2 is 0.771 bits per heavy atom. The SMILES string of the molecule is C[N+](C)(CCCCCCCCCCCC1=CC=CC1)CCCCCCCCCCCC1=CC=CC1. The summed E-state index contributed by atoms with van der Waals surface area (Å²) in [6.45, 7) is 2.75. The number of nitrogens with zero attached hydrogens (tertiary/aromatic N) is 1. The van der Waals surface area contributed by atoms with Crippen LogP contribution in [0.1, 0.15) is 141 Å². The molecule has 0 heterocycles. The van der Waals surface area contributed by atoms with Crippen LogP contribution < -0.4 is 0 Å². The average molecular weight is 483 g/mol. The molecule has 0 atom stereocenters. The van der Waals surface area contributed by atoms with E-state index in [4.69, 9.17) is 0 Å². The number of hydrogen-bond acceptors (Lipinski definition) is 0. The van der Waals surface area contributed by atoms with Gasteiger partial charge in [0.15, 0.2) is 0 Å². The van der Waals surface area contributed by atoms with Crippen molar-refractivity contribution in [2.24, 2.45) is 0 Å². The van der Waals surface area contributed by atoms with E-state index >= 15 is 0 Å². The first-order chi connectivity index (χ1) is 17.2. The molecule has 1 heteroatoms. The van der Waals surface area contributed by atoms with Crippen LogP contribution in [0, 0.1) is 0 Å². The Kier molecular flexibility index (Phi) is 17.3. The summed E-state index contributed by atoms with van der Waals surface area (Å²) in [6, 6.07) is 0. The number of unbranched alkanes of at least 4 members (excludes halogenated alkanes) is 16. The van der Waals surface area contributed by atoms with Crippen LogP contribution >= 0.6 is 0 Å². The van der Waals surface area contributed by atoms with E-state index in [0.29, 0.717) is 0 Å². The van der Waals surface area contributed by atoms with E-state index in [-0.39, 0.29) is 0 Å². The van der Waals surface area contributed by atoms with Crippen LogP contribution in [0.5, 0.6) is 0 Å². The third-order valence-electron chi connectivity index (χ3n) is 8.22. The second-order valence-electron chi connectivity index (χ2n) is 12.2. The Hall–Kier alpha value is -1.08. The van der Waals surface area contributed by atoms with Crippen molar-refractivity contribution in [1.82, 2.24) is 0 Å². The summed E-state index contributed by atoms with van der Waals surface area (Å²) in [7, 11) is 4.91. The summed E-state index contributed by atoms with van der Waals surface area (Å²) in [5.41, 5.74) is 3.29. The maximum Gasteiger partial charge on any atom is 0.0782 e. The summed E-state index contributed by atoms with van der Waals surface area (Å²) >= 11 is 0. The van der Waals surface area contributed by atoms with Crippen LogP contribution in [0.25, 0.3) is 0 Å². The van der Waals surface area contributed by atoms with E-state index in [1.807, 2.05) is 0 Å². The van der Waals surface area contributed by atoms with Gasteiger partial charge < -0.3 is 4.48 Å². The van der Waals surface area contributed by atoms with Gasteiger partial charge in [0.05, 0.1) is 27.2 Å². The maximum atomic E-state index is 2.45. The topological polar surface area (TPSA) is 0 Å². The molecule has 0 bridgehead atoms. The molecule has 2 aliphatic carbocycles. The molecule has 0 aromatic heterocycles. The smallest absolute Gasteiger partial charge is 0.0782 e. The number of allylic oxidation sites excluding steroid dienone is 8. The molecule has 0 aliphatic heterocycles. The fraction of sp³-hybridized carbons (Fsp3) is 0.765. The zero-order chi connectivity index (χ0) is 24.9. The summed E-state index contributed by atoms with van der Waals surface area (Å²) < 4.78 is 1.23. The standard InChI is InChI=1S/C34H60N/c1-35(2,31-23-15-11-7-3-5-9-13-17-25-33-27-19-20-28-33)32-24-16-12-8-4-6-10-14-18-26-34-29-21-22-30-34/h19-22,27,29H,3-18,23-26,28,30-32H2,1-2H3/q+1. The molecule has 0 saturated heterocycles. The zero-order valence-electron chi connectivity index (χ0n) is 23.9. The molecule has 0 N–H and O–H groups in total. The quantitative estimate of drug-likeness (QED) is 0.0947. The number of rotatable bonds is 24. The van der Waals surface area contributed by atoms with Crippen LogP contribution in [-0.2, 0) is 0 Å². The van der Waals surface area contributed by atoms with E-state index < -0.39 is 0 Å². The van der Waals surface area contributed by atoms with Crippen LogP contribution in [0.2, 0.25) is 0 Å². The fourth-order valence-electron chi connectivity index (χ4n) is 5.72. The minimum absolute atomic E-state index is 1.22. The highest BCUT2D eigenvalue weighted by atomic mass is 15.3. The molecule has 35 heavy (non-hydrogen) atoms. The molecule has 0 aromatic rings. The van der Waals surface area contributed by atoms with Crippen LogP contribution in [0.4, 0.5) is 0 Å². The van der Waals surface area contributed by atoms with E-state index in [2.05, 4.69) is 50.6 Å². The van der Waals surface area contributed by atoms with E-state index in [9.17, 15) is 0 Å². The molecular weight excluding hydrogens is 422 g/mol. The summed E-state index contributed by atoms with van der Waals surface area (Å²) in [6.07, 6.45) is 44.7. The molecule has 0 amide bonds. The van der Waals surface area contributed by atoms with E-state index in [0.717, 1.165) is 0 Å². The predicted molar refractivity (Wildman–Crippen MR) is 158 cm³/mol. The first kappa shape index (κ1) is 30.1. The highest BCUT2D eigenvalue weighted by molar-refractivity contribution is 5.23.